The van der Waals surface area contributed by atoms with Crippen molar-refractivity contribution in [2.45, 2.75) is 45.3 Å². The Labute approximate surface area is 232 Å². The molecule has 0 heterocycles. The molecular formula is C32H33BrN2O3. The Morgan fingerprint density at radius 3 is 2.21 bits per heavy atom. The Morgan fingerprint density at radius 2 is 1.50 bits per heavy atom. The second-order valence-electron chi connectivity index (χ2n) is 10.4. The van der Waals surface area contributed by atoms with Gasteiger partial charge < -0.3 is 15.0 Å². The first-order chi connectivity index (χ1) is 18.2. The number of nitrogens with one attached hydrogen (secondary N) is 1. The number of nitrogens with zero attached hydrogens (tertiary/aromatic N) is 1. The van der Waals surface area contributed by atoms with Crippen molar-refractivity contribution in [3.63, 3.8) is 0 Å². The van der Waals surface area contributed by atoms with Crippen LogP contribution in [0.1, 0.15) is 31.9 Å². The van der Waals surface area contributed by atoms with Crippen molar-refractivity contribution in [2.24, 2.45) is 0 Å². The van der Waals surface area contributed by atoms with Gasteiger partial charge in [0.15, 0.2) is 6.61 Å². The van der Waals surface area contributed by atoms with E-state index in [0.29, 0.717) is 12.2 Å². The first kappa shape index (κ1) is 27.4. The Morgan fingerprint density at radius 1 is 0.842 bits per heavy atom. The number of benzene rings is 4. The van der Waals surface area contributed by atoms with Crippen LogP contribution in [0, 0.1) is 0 Å². The van der Waals surface area contributed by atoms with Gasteiger partial charge in [-0.3, -0.25) is 9.59 Å². The summed E-state index contributed by atoms with van der Waals surface area (Å²) in [7, 11) is 0. The van der Waals surface area contributed by atoms with Crippen molar-refractivity contribution in [1.29, 1.82) is 0 Å². The molecule has 1 atom stereocenters. The van der Waals surface area contributed by atoms with E-state index in [0.717, 1.165) is 26.4 Å². The van der Waals surface area contributed by atoms with Crippen molar-refractivity contribution in [3.05, 3.63) is 113 Å². The lowest BCUT2D eigenvalue weighted by Gasteiger charge is -2.33. The molecule has 0 aliphatic heterocycles. The summed E-state index contributed by atoms with van der Waals surface area (Å²) in [6.07, 6.45) is 0.388. The van der Waals surface area contributed by atoms with Gasteiger partial charge in [0.2, 0.25) is 5.91 Å². The second-order valence-corrected chi connectivity index (χ2v) is 11.3. The molecular weight excluding hydrogens is 540 g/mol. The fraction of sp³-hybridized carbons (Fsp3) is 0.250. The van der Waals surface area contributed by atoms with E-state index in [9.17, 15) is 9.59 Å². The third kappa shape index (κ3) is 7.45. The molecule has 0 saturated heterocycles. The molecule has 0 aliphatic carbocycles. The lowest BCUT2D eigenvalue weighted by atomic mass is 10.0. The molecule has 38 heavy (non-hydrogen) atoms. The van der Waals surface area contributed by atoms with Gasteiger partial charge in [-0.2, -0.15) is 0 Å². The molecule has 1 N–H and O–H groups in total. The summed E-state index contributed by atoms with van der Waals surface area (Å²) in [5, 5.41) is 5.06. The normalized spacial score (nSPS) is 12.1. The van der Waals surface area contributed by atoms with Crippen LogP contribution in [0.4, 0.5) is 0 Å². The Hall–Kier alpha value is -3.64. The first-order valence-corrected chi connectivity index (χ1v) is 13.5. The maximum Gasteiger partial charge on any atom is 0.261 e. The third-order valence-corrected chi connectivity index (χ3v) is 6.66. The van der Waals surface area contributed by atoms with Crippen LogP contribution in [0.25, 0.3) is 10.8 Å². The summed E-state index contributed by atoms with van der Waals surface area (Å²) in [6.45, 7) is 5.91. The van der Waals surface area contributed by atoms with Crippen LogP contribution in [-0.4, -0.2) is 34.9 Å². The predicted molar refractivity (Wildman–Crippen MR) is 156 cm³/mol. The zero-order valence-electron chi connectivity index (χ0n) is 22.0. The summed E-state index contributed by atoms with van der Waals surface area (Å²) < 4.78 is 7.02. The van der Waals surface area contributed by atoms with Crippen LogP contribution >= 0.6 is 15.9 Å². The summed E-state index contributed by atoms with van der Waals surface area (Å²) in [5.74, 6) is 0.182. The highest BCUT2D eigenvalue weighted by Crippen LogP contribution is 2.25. The zero-order valence-corrected chi connectivity index (χ0v) is 23.6. The van der Waals surface area contributed by atoms with E-state index in [1.807, 2.05) is 118 Å². The number of carbonyl (C=O) groups excluding carboxylic acids is 2. The fourth-order valence-electron chi connectivity index (χ4n) is 4.34. The van der Waals surface area contributed by atoms with Gasteiger partial charge in [0.1, 0.15) is 11.8 Å². The number of rotatable bonds is 9. The molecule has 0 radical (unpaired) electrons. The first-order valence-electron chi connectivity index (χ1n) is 12.7. The van der Waals surface area contributed by atoms with Gasteiger partial charge in [-0.25, -0.2) is 0 Å². The third-order valence-electron chi connectivity index (χ3n) is 6.14. The highest BCUT2D eigenvalue weighted by molar-refractivity contribution is 9.10. The highest BCUT2D eigenvalue weighted by atomic mass is 79.9. The van der Waals surface area contributed by atoms with E-state index in [1.54, 1.807) is 4.90 Å². The number of ether oxygens (including phenoxy) is 1. The van der Waals surface area contributed by atoms with Crippen molar-refractivity contribution in [2.75, 3.05) is 6.61 Å². The van der Waals surface area contributed by atoms with Crippen molar-refractivity contribution < 1.29 is 14.3 Å². The summed E-state index contributed by atoms with van der Waals surface area (Å²) in [5.41, 5.74) is 1.45. The van der Waals surface area contributed by atoms with Gasteiger partial charge in [-0.15, -0.1) is 0 Å². The molecule has 0 spiro atoms. The quantitative estimate of drug-likeness (QED) is 0.248. The van der Waals surface area contributed by atoms with Crippen LogP contribution in [0.5, 0.6) is 5.75 Å². The number of hydrogen-bond acceptors (Lipinski definition) is 3. The van der Waals surface area contributed by atoms with Gasteiger partial charge in [-0.05, 0) is 55.5 Å². The molecule has 196 valence electrons. The minimum Gasteiger partial charge on any atom is -0.483 e. The van der Waals surface area contributed by atoms with E-state index in [1.165, 1.54) is 0 Å². The molecule has 4 rings (SSSR count). The van der Waals surface area contributed by atoms with Crippen LogP contribution in [-0.2, 0) is 22.6 Å². The van der Waals surface area contributed by atoms with E-state index in [4.69, 9.17) is 4.74 Å². The van der Waals surface area contributed by atoms with Gasteiger partial charge >= 0.3 is 0 Å². The Kier molecular flexibility index (Phi) is 8.85. The van der Waals surface area contributed by atoms with E-state index in [2.05, 4.69) is 21.2 Å². The van der Waals surface area contributed by atoms with Crippen LogP contribution in [0.3, 0.4) is 0 Å². The molecule has 0 saturated carbocycles. The minimum absolute atomic E-state index is 0.182. The molecule has 6 heteroatoms. The SMILES string of the molecule is CC(C)(C)NC(=O)C(Cc1ccccc1)N(Cc1ccc(Br)cc1)C(=O)COc1cccc2ccccc12. The lowest BCUT2D eigenvalue weighted by Crippen LogP contribution is -2.55. The van der Waals surface area contributed by atoms with Gasteiger partial charge in [-0.1, -0.05) is 94.8 Å². The van der Waals surface area contributed by atoms with E-state index in [-0.39, 0.29) is 25.0 Å². The van der Waals surface area contributed by atoms with Crippen molar-refractivity contribution in [3.8, 4) is 5.75 Å². The molecule has 0 bridgehead atoms. The second kappa shape index (κ2) is 12.3. The maximum absolute atomic E-state index is 13.8. The Balaban J connectivity index is 1.65. The fourth-order valence-corrected chi connectivity index (χ4v) is 4.60. The summed E-state index contributed by atoms with van der Waals surface area (Å²) in [6, 6.07) is 30.5. The monoisotopic (exact) mass is 572 g/mol. The molecule has 2 amide bonds. The largest absolute Gasteiger partial charge is 0.483 e. The smallest absolute Gasteiger partial charge is 0.261 e. The Bertz CT molecular complexity index is 1380. The predicted octanol–water partition coefficient (Wildman–Crippen LogP) is 6.54. The molecule has 1 unspecified atom stereocenters. The molecule has 4 aromatic rings. The number of carbonyl (C=O) groups is 2. The van der Waals surface area contributed by atoms with E-state index < -0.39 is 11.6 Å². The lowest BCUT2D eigenvalue weighted by molar-refractivity contribution is -0.143. The van der Waals surface area contributed by atoms with Crippen LogP contribution < -0.4 is 10.1 Å². The topological polar surface area (TPSA) is 58.6 Å². The molecule has 0 aromatic heterocycles. The van der Waals surface area contributed by atoms with Gasteiger partial charge in [0, 0.05) is 28.4 Å². The average Bonchev–Trinajstić information content (AvgIpc) is 2.90. The summed E-state index contributed by atoms with van der Waals surface area (Å²) in [4.78, 5) is 29.1. The number of amides is 2. The van der Waals surface area contributed by atoms with Crippen molar-refractivity contribution >= 4 is 38.5 Å². The minimum atomic E-state index is -0.719. The van der Waals surface area contributed by atoms with Crippen LogP contribution in [0.2, 0.25) is 0 Å². The molecule has 0 fully saturated rings. The molecule has 0 aliphatic rings. The number of fused-ring (bicyclic) bond motifs is 1. The maximum atomic E-state index is 13.8. The standard InChI is InChI=1S/C32H33BrN2O3/c1-32(2,3)34-31(37)28(20-23-10-5-4-6-11-23)35(21-24-16-18-26(33)19-17-24)30(36)22-38-29-15-9-13-25-12-7-8-14-27(25)29/h4-19,28H,20-22H2,1-3H3,(H,34,37). The van der Waals surface area contributed by atoms with Gasteiger partial charge in [0.05, 0.1) is 0 Å². The number of halogens is 1. The highest BCUT2D eigenvalue weighted by Gasteiger charge is 2.32. The summed E-state index contributed by atoms with van der Waals surface area (Å²) >= 11 is 3.48. The van der Waals surface area contributed by atoms with Crippen LogP contribution in [0.15, 0.2) is 102 Å². The van der Waals surface area contributed by atoms with Gasteiger partial charge in [0.25, 0.3) is 5.91 Å². The number of hydrogen-bond donors (Lipinski definition) is 1. The molecule has 4 aromatic carbocycles. The average molecular weight is 574 g/mol. The van der Waals surface area contributed by atoms with E-state index >= 15 is 0 Å². The zero-order chi connectivity index (χ0) is 27.1. The van der Waals surface area contributed by atoms with Crippen molar-refractivity contribution in [1.82, 2.24) is 10.2 Å². The molecule has 5 nitrogen and oxygen atoms in total.